The van der Waals surface area contributed by atoms with E-state index >= 15 is 0 Å². The summed E-state index contributed by atoms with van der Waals surface area (Å²) in [6.07, 6.45) is 8.19. The van der Waals surface area contributed by atoms with Gasteiger partial charge >= 0.3 is 0 Å². The van der Waals surface area contributed by atoms with Crippen LogP contribution in [0.1, 0.15) is 27.2 Å². The first-order valence-electron chi connectivity index (χ1n) is 8.51. The van der Waals surface area contributed by atoms with E-state index in [9.17, 15) is 0 Å². The van der Waals surface area contributed by atoms with E-state index in [2.05, 4.69) is 33.9 Å². The third kappa shape index (κ3) is 5.62. The standard InChI is InChI=1S/C16H25N5O.C2H6/c1-5-18-21(6-2)14-9-13(10-17-11-14)19-15-7-8-20(3)12-16(15)22-4;1-2/h5-6,9-11,15-16,19H,2,7-8,12H2,1,3-4H3;1-2H3/b18-5-;. The molecule has 2 rings (SSSR count). The maximum atomic E-state index is 5.61. The van der Waals surface area contributed by atoms with Crippen LogP contribution in [0.4, 0.5) is 11.4 Å². The number of hydrazone groups is 1. The van der Waals surface area contributed by atoms with Crippen LogP contribution in [-0.2, 0) is 4.74 Å². The molecule has 1 saturated heterocycles. The van der Waals surface area contributed by atoms with Crippen molar-refractivity contribution < 1.29 is 4.74 Å². The van der Waals surface area contributed by atoms with Crippen LogP contribution in [0.15, 0.2) is 36.3 Å². The van der Waals surface area contributed by atoms with Crippen LogP contribution >= 0.6 is 0 Å². The molecule has 6 nitrogen and oxygen atoms in total. The summed E-state index contributed by atoms with van der Waals surface area (Å²) in [6, 6.07) is 2.30. The quantitative estimate of drug-likeness (QED) is 0.640. The van der Waals surface area contributed by atoms with E-state index in [1.165, 1.54) is 0 Å². The van der Waals surface area contributed by atoms with E-state index in [0.29, 0.717) is 0 Å². The Morgan fingerprint density at radius 2 is 2.21 bits per heavy atom. The Labute approximate surface area is 146 Å². The highest BCUT2D eigenvalue weighted by Crippen LogP contribution is 2.22. The van der Waals surface area contributed by atoms with Crippen LogP contribution in [0.3, 0.4) is 0 Å². The van der Waals surface area contributed by atoms with Gasteiger partial charge in [0.25, 0.3) is 0 Å². The molecule has 1 aliphatic heterocycles. The third-order valence-electron chi connectivity index (χ3n) is 3.82. The van der Waals surface area contributed by atoms with Crippen LogP contribution < -0.4 is 10.3 Å². The highest BCUT2D eigenvalue weighted by atomic mass is 16.5. The Hall–Kier alpha value is -1.92. The fourth-order valence-electron chi connectivity index (χ4n) is 2.66. The van der Waals surface area contributed by atoms with Crippen molar-refractivity contribution >= 4 is 17.6 Å². The molecule has 1 N–H and O–H groups in total. The minimum atomic E-state index is 0.173. The van der Waals surface area contributed by atoms with Crippen molar-refractivity contribution in [2.24, 2.45) is 5.10 Å². The van der Waals surface area contributed by atoms with Crippen LogP contribution in [0.5, 0.6) is 0 Å². The van der Waals surface area contributed by atoms with Gasteiger partial charge in [0.15, 0.2) is 0 Å². The second-order valence-electron chi connectivity index (χ2n) is 5.41. The molecule has 134 valence electrons. The topological polar surface area (TPSA) is 53.0 Å². The molecule has 0 radical (unpaired) electrons. The van der Waals surface area contributed by atoms with E-state index in [-0.39, 0.29) is 12.1 Å². The highest BCUT2D eigenvalue weighted by Gasteiger charge is 2.27. The smallest absolute Gasteiger partial charge is 0.0899 e. The normalized spacial score (nSPS) is 21.0. The maximum Gasteiger partial charge on any atom is 0.0899 e. The number of hydrogen-bond acceptors (Lipinski definition) is 6. The number of anilines is 2. The second-order valence-corrected chi connectivity index (χ2v) is 5.41. The van der Waals surface area contributed by atoms with Crippen LogP contribution in [0.2, 0.25) is 0 Å². The highest BCUT2D eigenvalue weighted by molar-refractivity contribution is 5.61. The molecule has 0 amide bonds. The zero-order chi connectivity index (χ0) is 17.9. The summed E-state index contributed by atoms with van der Waals surface area (Å²) >= 11 is 0. The third-order valence-corrected chi connectivity index (χ3v) is 3.82. The first-order valence-corrected chi connectivity index (χ1v) is 8.51. The average molecular weight is 333 g/mol. The van der Waals surface area contributed by atoms with Crippen molar-refractivity contribution in [2.75, 3.05) is 37.6 Å². The largest absolute Gasteiger partial charge is 0.378 e. The number of hydrogen-bond donors (Lipinski definition) is 1. The number of likely N-dealkylation sites (N-methyl/N-ethyl adjacent to an activating group) is 1. The summed E-state index contributed by atoms with van der Waals surface area (Å²) in [5.41, 5.74) is 1.84. The lowest BCUT2D eigenvalue weighted by Gasteiger charge is -2.36. The fourth-order valence-corrected chi connectivity index (χ4v) is 2.66. The first kappa shape index (κ1) is 20.1. The molecule has 0 aromatic carbocycles. The Bertz CT molecular complexity index is 520. The van der Waals surface area contributed by atoms with Gasteiger partial charge in [-0.05, 0) is 33.0 Å². The summed E-state index contributed by atoms with van der Waals surface area (Å²) in [5, 5.41) is 9.46. The van der Waals surface area contributed by atoms with Gasteiger partial charge in [-0.25, -0.2) is 5.01 Å². The van der Waals surface area contributed by atoms with Gasteiger partial charge < -0.3 is 15.0 Å². The summed E-state index contributed by atoms with van der Waals surface area (Å²) in [7, 11) is 3.89. The van der Waals surface area contributed by atoms with Gasteiger partial charge in [0.05, 0.1) is 35.9 Å². The van der Waals surface area contributed by atoms with Crippen molar-refractivity contribution in [3.05, 3.63) is 31.2 Å². The number of likely N-dealkylation sites (tertiary alicyclic amines) is 1. The molecule has 1 aliphatic rings. The summed E-state index contributed by atoms with van der Waals surface area (Å²) in [6.45, 7) is 11.6. The summed E-state index contributed by atoms with van der Waals surface area (Å²) in [5.74, 6) is 0. The molecule has 24 heavy (non-hydrogen) atoms. The summed E-state index contributed by atoms with van der Waals surface area (Å²) in [4.78, 5) is 6.58. The van der Waals surface area contributed by atoms with E-state index in [1.807, 2.05) is 33.0 Å². The number of piperidine rings is 1. The van der Waals surface area contributed by atoms with Gasteiger partial charge in [0, 0.05) is 26.1 Å². The molecular weight excluding hydrogens is 302 g/mol. The van der Waals surface area contributed by atoms with Gasteiger partial charge in [-0.3, -0.25) is 4.98 Å². The van der Waals surface area contributed by atoms with E-state index < -0.39 is 0 Å². The number of pyridine rings is 1. The number of aromatic nitrogens is 1. The zero-order valence-electron chi connectivity index (χ0n) is 15.6. The molecule has 1 aromatic rings. The van der Waals surface area contributed by atoms with Gasteiger partial charge in [0.2, 0.25) is 0 Å². The molecule has 2 unspecified atom stereocenters. The second kappa shape index (κ2) is 10.8. The molecule has 1 aromatic heterocycles. The van der Waals surface area contributed by atoms with Gasteiger partial charge in [-0.15, -0.1) is 0 Å². The molecule has 0 bridgehead atoms. The Morgan fingerprint density at radius 1 is 1.46 bits per heavy atom. The zero-order valence-corrected chi connectivity index (χ0v) is 15.6. The molecule has 2 heterocycles. The average Bonchev–Trinajstić information content (AvgIpc) is 2.63. The lowest BCUT2D eigenvalue weighted by atomic mass is 10.0. The minimum Gasteiger partial charge on any atom is -0.378 e. The first-order chi connectivity index (χ1) is 11.7. The Balaban J connectivity index is 0.00000139. The van der Waals surface area contributed by atoms with E-state index in [4.69, 9.17) is 4.74 Å². The predicted molar refractivity (Wildman–Crippen MR) is 103 cm³/mol. The molecule has 6 heteroatoms. The van der Waals surface area contributed by atoms with Crippen molar-refractivity contribution in [1.29, 1.82) is 0 Å². The molecule has 0 saturated carbocycles. The van der Waals surface area contributed by atoms with Gasteiger partial charge in [-0.2, -0.15) is 5.10 Å². The number of ether oxygens (including phenoxy) is 1. The molecule has 0 spiro atoms. The van der Waals surface area contributed by atoms with E-state index in [0.717, 1.165) is 30.9 Å². The summed E-state index contributed by atoms with van der Waals surface area (Å²) < 4.78 is 5.61. The number of nitrogens with zero attached hydrogens (tertiary/aromatic N) is 4. The number of methoxy groups -OCH3 is 1. The fraction of sp³-hybridized carbons (Fsp3) is 0.556. The molecule has 0 aliphatic carbocycles. The number of nitrogens with one attached hydrogen (secondary N) is 1. The predicted octanol–water partition coefficient (Wildman–Crippen LogP) is 3.19. The van der Waals surface area contributed by atoms with Crippen molar-refractivity contribution in [3.63, 3.8) is 0 Å². The Morgan fingerprint density at radius 3 is 2.83 bits per heavy atom. The Kier molecular flexibility index (Phi) is 9.04. The lowest BCUT2D eigenvalue weighted by Crippen LogP contribution is -2.49. The lowest BCUT2D eigenvalue weighted by molar-refractivity contribution is 0.0312. The minimum absolute atomic E-state index is 0.173. The maximum absolute atomic E-state index is 5.61. The van der Waals surface area contributed by atoms with Crippen molar-refractivity contribution in [2.45, 2.75) is 39.3 Å². The number of rotatable bonds is 6. The monoisotopic (exact) mass is 333 g/mol. The van der Waals surface area contributed by atoms with E-state index in [1.54, 1.807) is 30.7 Å². The van der Waals surface area contributed by atoms with Crippen LogP contribution in [0.25, 0.3) is 0 Å². The SMILES string of the molecule is C=CN(/N=C\C)c1cncc(NC2CCN(C)CC2OC)c1.CC. The molecule has 1 fully saturated rings. The van der Waals surface area contributed by atoms with Crippen LogP contribution in [-0.4, -0.2) is 55.5 Å². The molecule has 2 atom stereocenters. The van der Waals surface area contributed by atoms with Crippen molar-refractivity contribution in [3.8, 4) is 0 Å². The van der Waals surface area contributed by atoms with Crippen molar-refractivity contribution in [1.82, 2.24) is 9.88 Å². The van der Waals surface area contributed by atoms with Crippen LogP contribution in [0, 0.1) is 0 Å². The van der Waals surface area contributed by atoms with Gasteiger partial charge in [0.1, 0.15) is 0 Å². The van der Waals surface area contributed by atoms with Gasteiger partial charge in [-0.1, -0.05) is 20.4 Å². The molecular formula is C18H31N5O.